The van der Waals surface area contributed by atoms with E-state index in [0.717, 1.165) is 11.4 Å². The first kappa shape index (κ1) is 12.9. The van der Waals surface area contributed by atoms with Crippen LogP contribution in [0.3, 0.4) is 0 Å². The van der Waals surface area contributed by atoms with Crippen LogP contribution in [-0.2, 0) is 6.42 Å². The minimum atomic E-state index is -0.347. The Balaban J connectivity index is 2.19. The molecule has 0 bridgehead atoms. The smallest absolute Gasteiger partial charge is 0.261 e. The molecule has 0 aliphatic heterocycles. The number of nitrogens with zero attached hydrogens (tertiary/aromatic N) is 3. The SMILES string of the molecule is CCc1nnc(NC(=O)c2cc(Br)cnc2N)s1. The van der Waals surface area contributed by atoms with Crippen LogP contribution in [0.1, 0.15) is 22.3 Å². The standard InChI is InChI=1S/C10H10BrN5OS/c1-2-7-15-16-10(18-7)14-9(17)6-3-5(11)4-13-8(6)12/h3-4H,2H2,1H3,(H2,12,13)(H,14,16,17). The van der Waals surface area contributed by atoms with Gasteiger partial charge in [-0.05, 0) is 28.4 Å². The predicted molar refractivity (Wildman–Crippen MR) is 73.6 cm³/mol. The van der Waals surface area contributed by atoms with Crippen LogP contribution < -0.4 is 11.1 Å². The fourth-order valence-electron chi connectivity index (χ4n) is 1.24. The molecule has 0 aliphatic rings. The number of nitrogen functional groups attached to an aromatic ring is 1. The molecule has 0 spiro atoms. The molecule has 0 radical (unpaired) electrons. The molecule has 1 amide bonds. The fraction of sp³-hybridized carbons (Fsp3) is 0.200. The number of halogens is 1. The van der Waals surface area contributed by atoms with E-state index in [1.807, 2.05) is 6.92 Å². The number of hydrogen-bond donors (Lipinski definition) is 2. The molecule has 0 aliphatic carbocycles. The molecule has 0 saturated carbocycles. The first-order chi connectivity index (χ1) is 8.60. The van der Waals surface area contributed by atoms with Gasteiger partial charge >= 0.3 is 0 Å². The van der Waals surface area contributed by atoms with Crippen molar-refractivity contribution in [1.82, 2.24) is 15.2 Å². The van der Waals surface area contributed by atoms with Gasteiger partial charge in [0, 0.05) is 10.7 Å². The topological polar surface area (TPSA) is 93.8 Å². The largest absolute Gasteiger partial charge is 0.383 e. The van der Waals surface area contributed by atoms with Crippen molar-refractivity contribution in [3.05, 3.63) is 27.3 Å². The van der Waals surface area contributed by atoms with Crippen molar-refractivity contribution in [1.29, 1.82) is 0 Å². The monoisotopic (exact) mass is 327 g/mol. The lowest BCUT2D eigenvalue weighted by Gasteiger charge is -2.04. The normalized spacial score (nSPS) is 10.3. The van der Waals surface area contributed by atoms with Gasteiger partial charge in [0.1, 0.15) is 10.8 Å². The third-order valence-electron chi connectivity index (χ3n) is 2.12. The number of hydrogen-bond acceptors (Lipinski definition) is 6. The average molecular weight is 328 g/mol. The lowest BCUT2D eigenvalue weighted by Crippen LogP contribution is -2.14. The lowest BCUT2D eigenvalue weighted by atomic mass is 10.2. The molecular formula is C10H10BrN5OS. The van der Waals surface area contributed by atoms with E-state index in [-0.39, 0.29) is 11.7 Å². The van der Waals surface area contributed by atoms with E-state index in [4.69, 9.17) is 5.73 Å². The number of aryl methyl sites for hydroxylation is 1. The molecule has 0 unspecified atom stereocenters. The third-order valence-corrected chi connectivity index (χ3v) is 3.54. The second-order valence-electron chi connectivity index (χ2n) is 3.39. The van der Waals surface area contributed by atoms with Crippen LogP contribution in [0.4, 0.5) is 10.9 Å². The van der Waals surface area contributed by atoms with E-state index in [1.54, 1.807) is 6.07 Å². The van der Waals surface area contributed by atoms with Crippen LogP contribution in [0, 0.1) is 0 Å². The molecule has 2 rings (SSSR count). The number of nitrogens with two attached hydrogens (primary N) is 1. The number of rotatable bonds is 3. The zero-order valence-corrected chi connectivity index (χ0v) is 11.9. The summed E-state index contributed by atoms with van der Waals surface area (Å²) in [5, 5.41) is 11.8. The van der Waals surface area contributed by atoms with E-state index in [2.05, 4.69) is 36.4 Å². The molecule has 94 valence electrons. The maximum atomic E-state index is 12.0. The van der Waals surface area contributed by atoms with Crippen molar-refractivity contribution in [3.63, 3.8) is 0 Å². The molecule has 2 aromatic rings. The van der Waals surface area contributed by atoms with Gasteiger partial charge in [-0.3, -0.25) is 10.1 Å². The van der Waals surface area contributed by atoms with Crippen molar-refractivity contribution >= 4 is 44.1 Å². The summed E-state index contributed by atoms with van der Waals surface area (Å²) in [5.74, 6) is -0.170. The van der Waals surface area contributed by atoms with Crippen LogP contribution >= 0.6 is 27.3 Å². The number of carbonyl (C=O) groups excluding carboxylic acids is 1. The molecule has 6 nitrogen and oxygen atoms in total. The Hall–Kier alpha value is -1.54. The Bertz CT molecular complexity index is 585. The summed E-state index contributed by atoms with van der Waals surface area (Å²) in [6.45, 7) is 1.97. The molecule has 18 heavy (non-hydrogen) atoms. The minimum absolute atomic E-state index is 0.177. The van der Waals surface area contributed by atoms with Crippen LogP contribution in [0.2, 0.25) is 0 Å². The van der Waals surface area contributed by atoms with Gasteiger partial charge in [-0.2, -0.15) is 0 Å². The molecule has 2 aromatic heterocycles. The molecule has 0 saturated heterocycles. The van der Waals surface area contributed by atoms with Gasteiger partial charge in [0.05, 0.1) is 5.56 Å². The van der Waals surface area contributed by atoms with E-state index in [0.29, 0.717) is 15.2 Å². The lowest BCUT2D eigenvalue weighted by molar-refractivity contribution is 0.102. The second kappa shape index (κ2) is 5.40. The summed E-state index contributed by atoms with van der Waals surface area (Å²) in [7, 11) is 0. The molecule has 0 aromatic carbocycles. The van der Waals surface area contributed by atoms with Crippen LogP contribution in [0.5, 0.6) is 0 Å². The van der Waals surface area contributed by atoms with Crippen LogP contribution in [0.25, 0.3) is 0 Å². The molecule has 8 heteroatoms. The van der Waals surface area contributed by atoms with E-state index < -0.39 is 0 Å². The molecule has 0 fully saturated rings. The first-order valence-electron chi connectivity index (χ1n) is 5.15. The minimum Gasteiger partial charge on any atom is -0.383 e. The number of anilines is 2. The zero-order chi connectivity index (χ0) is 13.1. The van der Waals surface area contributed by atoms with Gasteiger partial charge < -0.3 is 5.73 Å². The van der Waals surface area contributed by atoms with E-state index in [9.17, 15) is 4.79 Å². The Morgan fingerprint density at radius 3 is 3.00 bits per heavy atom. The number of amides is 1. The highest BCUT2D eigenvalue weighted by molar-refractivity contribution is 9.10. The summed E-state index contributed by atoms with van der Waals surface area (Å²) in [6.07, 6.45) is 2.32. The van der Waals surface area contributed by atoms with Crippen LogP contribution in [-0.4, -0.2) is 21.1 Å². The Morgan fingerprint density at radius 1 is 1.56 bits per heavy atom. The van der Waals surface area contributed by atoms with E-state index in [1.165, 1.54) is 17.5 Å². The van der Waals surface area contributed by atoms with Crippen LogP contribution in [0.15, 0.2) is 16.7 Å². The quantitative estimate of drug-likeness (QED) is 0.900. The molecular weight excluding hydrogens is 318 g/mol. The average Bonchev–Trinajstić information content (AvgIpc) is 2.80. The van der Waals surface area contributed by atoms with Crippen molar-refractivity contribution in [3.8, 4) is 0 Å². The van der Waals surface area contributed by atoms with Crippen molar-refractivity contribution in [2.45, 2.75) is 13.3 Å². The highest BCUT2D eigenvalue weighted by Gasteiger charge is 2.13. The maximum Gasteiger partial charge on any atom is 0.261 e. The summed E-state index contributed by atoms with van der Waals surface area (Å²) >= 11 is 4.58. The Kier molecular flexibility index (Phi) is 3.87. The predicted octanol–water partition coefficient (Wildman–Crippen LogP) is 2.09. The zero-order valence-electron chi connectivity index (χ0n) is 9.48. The number of aromatic nitrogens is 3. The molecule has 0 atom stereocenters. The highest BCUT2D eigenvalue weighted by Crippen LogP contribution is 2.19. The van der Waals surface area contributed by atoms with Gasteiger partial charge in [0.2, 0.25) is 5.13 Å². The van der Waals surface area contributed by atoms with Crippen molar-refractivity contribution < 1.29 is 4.79 Å². The van der Waals surface area contributed by atoms with E-state index >= 15 is 0 Å². The summed E-state index contributed by atoms with van der Waals surface area (Å²) < 4.78 is 0.688. The van der Waals surface area contributed by atoms with Gasteiger partial charge in [-0.1, -0.05) is 18.3 Å². The van der Waals surface area contributed by atoms with Gasteiger partial charge in [-0.25, -0.2) is 4.98 Å². The summed E-state index contributed by atoms with van der Waals surface area (Å²) in [6, 6.07) is 1.61. The number of nitrogens with one attached hydrogen (secondary N) is 1. The van der Waals surface area contributed by atoms with Gasteiger partial charge in [0.15, 0.2) is 0 Å². The van der Waals surface area contributed by atoms with Gasteiger partial charge in [-0.15, -0.1) is 10.2 Å². The number of pyridine rings is 1. The van der Waals surface area contributed by atoms with Crippen molar-refractivity contribution in [2.75, 3.05) is 11.1 Å². The Labute approximate surface area is 116 Å². The maximum absolute atomic E-state index is 12.0. The van der Waals surface area contributed by atoms with Gasteiger partial charge in [0.25, 0.3) is 5.91 Å². The summed E-state index contributed by atoms with van der Waals surface area (Å²) in [4.78, 5) is 15.9. The van der Waals surface area contributed by atoms with Crippen molar-refractivity contribution in [2.24, 2.45) is 0 Å². The second-order valence-corrected chi connectivity index (χ2v) is 5.37. The number of carbonyl (C=O) groups is 1. The molecule has 2 heterocycles. The summed E-state index contributed by atoms with van der Waals surface area (Å²) in [5.41, 5.74) is 5.95. The fourth-order valence-corrected chi connectivity index (χ4v) is 2.25. The molecule has 3 N–H and O–H groups in total. The first-order valence-corrected chi connectivity index (χ1v) is 6.76. The highest BCUT2D eigenvalue weighted by atomic mass is 79.9. The Morgan fingerprint density at radius 2 is 2.33 bits per heavy atom. The third kappa shape index (κ3) is 2.82.